The molecule has 1 amide bonds. The molecule has 1 aliphatic rings. The molecule has 0 aromatic heterocycles. The van der Waals surface area contributed by atoms with Crippen LogP contribution in [0.2, 0.25) is 0 Å². The highest BCUT2D eigenvalue weighted by atomic mass is 19.1. The number of anilines is 1. The van der Waals surface area contributed by atoms with Crippen molar-refractivity contribution in [3.8, 4) is 0 Å². The van der Waals surface area contributed by atoms with Crippen molar-refractivity contribution in [2.75, 3.05) is 18.4 Å². The molecule has 2 rings (SSSR count). The first-order chi connectivity index (χ1) is 8.58. The Labute approximate surface area is 107 Å². The summed E-state index contributed by atoms with van der Waals surface area (Å²) in [7, 11) is 0. The second-order valence-electron chi connectivity index (χ2n) is 4.84. The fourth-order valence-corrected chi connectivity index (χ4v) is 2.32. The summed E-state index contributed by atoms with van der Waals surface area (Å²) < 4.78 is 13.4. The SMILES string of the molecule is CC(=O)N1CCC(Nc2cccc(F)c2C)CC1. The van der Waals surface area contributed by atoms with Gasteiger partial charge in [0.15, 0.2) is 0 Å². The highest BCUT2D eigenvalue weighted by Crippen LogP contribution is 2.21. The summed E-state index contributed by atoms with van der Waals surface area (Å²) in [5.41, 5.74) is 1.52. The van der Waals surface area contributed by atoms with Gasteiger partial charge in [0.25, 0.3) is 0 Å². The summed E-state index contributed by atoms with van der Waals surface area (Å²) in [5.74, 6) is -0.0449. The number of rotatable bonds is 2. The minimum atomic E-state index is -0.179. The zero-order valence-corrected chi connectivity index (χ0v) is 10.9. The van der Waals surface area contributed by atoms with Gasteiger partial charge in [-0.1, -0.05) is 6.07 Å². The molecule has 1 N–H and O–H groups in total. The maximum Gasteiger partial charge on any atom is 0.219 e. The van der Waals surface area contributed by atoms with E-state index in [1.807, 2.05) is 11.0 Å². The van der Waals surface area contributed by atoms with Crippen molar-refractivity contribution in [1.29, 1.82) is 0 Å². The number of piperidine rings is 1. The predicted octanol–water partition coefficient (Wildman–Crippen LogP) is 2.56. The van der Waals surface area contributed by atoms with E-state index in [0.717, 1.165) is 31.6 Å². The molecule has 1 fully saturated rings. The van der Waals surface area contributed by atoms with Crippen molar-refractivity contribution in [1.82, 2.24) is 4.90 Å². The highest BCUT2D eigenvalue weighted by molar-refractivity contribution is 5.73. The number of hydrogen-bond acceptors (Lipinski definition) is 2. The largest absolute Gasteiger partial charge is 0.382 e. The van der Waals surface area contributed by atoms with Crippen LogP contribution in [-0.2, 0) is 4.79 Å². The molecule has 1 aromatic carbocycles. The molecule has 0 radical (unpaired) electrons. The maximum atomic E-state index is 13.4. The summed E-state index contributed by atoms with van der Waals surface area (Å²) in [6.45, 7) is 4.94. The summed E-state index contributed by atoms with van der Waals surface area (Å²) >= 11 is 0. The second kappa shape index (κ2) is 5.38. The first kappa shape index (κ1) is 12.9. The third kappa shape index (κ3) is 2.81. The molecule has 0 spiro atoms. The van der Waals surface area contributed by atoms with Gasteiger partial charge in [-0.2, -0.15) is 0 Å². The monoisotopic (exact) mass is 250 g/mol. The van der Waals surface area contributed by atoms with Gasteiger partial charge in [-0.15, -0.1) is 0 Å². The van der Waals surface area contributed by atoms with E-state index in [4.69, 9.17) is 0 Å². The van der Waals surface area contributed by atoms with Gasteiger partial charge in [0.2, 0.25) is 5.91 Å². The number of likely N-dealkylation sites (tertiary alicyclic amines) is 1. The Hall–Kier alpha value is -1.58. The van der Waals surface area contributed by atoms with Crippen LogP contribution in [0.4, 0.5) is 10.1 Å². The molecule has 1 saturated heterocycles. The molecule has 0 saturated carbocycles. The van der Waals surface area contributed by atoms with Gasteiger partial charge in [-0.05, 0) is 31.9 Å². The molecule has 0 unspecified atom stereocenters. The average molecular weight is 250 g/mol. The van der Waals surface area contributed by atoms with Gasteiger partial charge in [0, 0.05) is 37.3 Å². The standard InChI is InChI=1S/C14H19FN2O/c1-10-13(15)4-3-5-14(10)16-12-6-8-17(9-7-12)11(2)18/h3-5,12,16H,6-9H2,1-2H3. The molecule has 1 heterocycles. The molecule has 0 aliphatic carbocycles. The zero-order chi connectivity index (χ0) is 13.1. The van der Waals surface area contributed by atoms with Crippen molar-refractivity contribution >= 4 is 11.6 Å². The minimum Gasteiger partial charge on any atom is -0.382 e. The Balaban J connectivity index is 1.96. The van der Waals surface area contributed by atoms with Crippen molar-refractivity contribution in [3.63, 3.8) is 0 Å². The van der Waals surface area contributed by atoms with Crippen LogP contribution in [-0.4, -0.2) is 29.9 Å². The van der Waals surface area contributed by atoms with Crippen LogP contribution >= 0.6 is 0 Å². The maximum absolute atomic E-state index is 13.4. The van der Waals surface area contributed by atoms with Crippen LogP contribution in [0.3, 0.4) is 0 Å². The van der Waals surface area contributed by atoms with Crippen LogP contribution < -0.4 is 5.32 Å². The number of carbonyl (C=O) groups is 1. The molecular formula is C14H19FN2O. The smallest absolute Gasteiger partial charge is 0.219 e. The molecule has 1 aromatic rings. The lowest BCUT2D eigenvalue weighted by atomic mass is 10.0. The number of nitrogens with zero attached hydrogens (tertiary/aromatic N) is 1. The van der Waals surface area contributed by atoms with Crippen LogP contribution in [0, 0.1) is 12.7 Å². The molecule has 1 aliphatic heterocycles. The summed E-state index contributed by atoms with van der Waals surface area (Å²) in [5, 5.41) is 3.37. The van der Waals surface area contributed by atoms with Gasteiger partial charge in [-0.3, -0.25) is 4.79 Å². The lowest BCUT2D eigenvalue weighted by molar-refractivity contribution is -0.129. The fraction of sp³-hybridized carbons (Fsp3) is 0.500. The molecule has 0 bridgehead atoms. The van der Waals surface area contributed by atoms with Gasteiger partial charge in [0.1, 0.15) is 5.82 Å². The molecule has 4 heteroatoms. The molecule has 98 valence electrons. The second-order valence-corrected chi connectivity index (χ2v) is 4.84. The van der Waals surface area contributed by atoms with Crippen LogP contribution in [0.15, 0.2) is 18.2 Å². The Kier molecular flexibility index (Phi) is 3.84. The predicted molar refractivity (Wildman–Crippen MR) is 70.0 cm³/mol. The number of amides is 1. The van der Waals surface area contributed by atoms with E-state index in [9.17, 15) is 9.18 Å². The third-order valence-corrected chi connectivity index (χ3v) is 3.57. The van der Waals surface area contributed by atoms with E-state index >= 15 is 0 Å². The Morgan fingerprint density at radius 3 is 2.67 bits per heavy atom. The van der Waals surface area contributed by atoms with Crippen LogP contribution in [0.5, 0.6) is 0 Å². The number of hydrogen-bond donors (Lipinski definition) is 1. The van der Waals surface area contributed by atoms with Gasteiger partial charge >= 0.3 is 0 Å². The van der Waals surface area contributed by atoms with Crippen molar-refractivity contribution in [2.45, 2.75) is 32.7 Å². The summed E-state index contributed by atoms with van der Waals surface area (Å²) in [6.07, 6.45) is 1.82. The van der Waals surface area contributed by atoms with Crippen LogP contribution in [0.1, 0.15) is 25.3 Å². The number of nitrogens with one attached hydrogen (secondary N) is 1. The van der Waals surface area contributed by atoms with Gasteiger partial charge in [-0.25, -0.2) is 4.39 Å². The van der Waals surface area contributed by atoms with E-state index in [0.29, 0.717) is 11.6 Å². The normalized spacial score (nSPS) is 16.7. The van der Waals surface area contributed by atoms with Crippen molar-refractivity contribution in [3.05, 3.63) is 29.6 Å². The zero-order valence-electron chi connectivity index (χ0n) is 10.9. The highest BCUT2D eigenvalue weighted by Gasteiger charge is 2.20. The van der Waals surface area contributed by atoms with Gasteiger partial charge in [0.05, 0.1) is 0 Å². The first-order valence-electron chi connectivity index (χ1n) is 6.35. The molecule has 3 nitrogen and oxygen atoms in total. The molecule has 0 atom stereocenters. The number of halogens is 1. The van der Waals surface area contributed by atoms with Crippen molar-refractivity contribution in [2.24, 2.45) is 0 Å². The quantitative estimate of drug-likeness (QED) is 0.875. The topological polar surface area (TPSA) is 32.3 Å². The van der Waals surface area contributed by atoms with Gasteiger partial charge < -0.3 is 10.2 Å². The lowest BCUT2D eigenvalue weighted by Crippen LogP contribution is -2.41. The Morgan fingerprint density at radius 1 is 1.39 bits per heavy atom. The Morgan fingerprint density at radius 2 is 2.06 bits per heavy atom. The molecule has 18 heavy (non-hydrogen) atoms. The summed E-state index contributed by atoms with van der Waals surface area (Å²) in [4.78, 5) is 13.1. The van der Waals surface area contributed by atoms with E-state index in [2.05, 4.69) is 5.32 Å². The van der Waals surface area contributed by atoms with Crippen molar-refractivity contribution < 1.29 is 9.18 Å². The summed E-state index contributed by atoms with van der Waals surface area (Å²) in [6, 6.07) is 5.41. The number of benzene rings is 1. The van der Waals surface area contributed by atoms with Crippen LogP contribution in [0.25, 0.3) is 0 Å². The average Bonchev–Trinajstić information content (AvgIpc) is 2.36. The number of carbonyl (C=O) groups excluding carboxylic acids is 1. The Bertz CT molecular complexity index is 439. The fourth-order valence-electron chi connectivity index (χ4n) is 2.32. The van der Waals surface area contributed by atoms with E-state index in [1.165, 1.54) is 6.07 Å². The first-order valence-corrected chi connectivity index (χ1v) is 6.35. The lowest BCUT2D eigenvalue weighted by Gasteiger charge is -2.32. The third-order valence-electron chi connectivity index (χ3n) is 3.57. The molecular weight excluding hydrogens is 231 g/mol. The van der Waals surface area contributed by atoms with E-state index in [-0.39, 0.29) is 11.7 Å². The van der Waals surface area contributed by atoms with E-state index in [1.54, 1.807) is 19.9 Å². The minimum absolute atomic E-state index is 0.135. The van der Waals surface area contributed by atoms with E-state index < -0.39 is 0 Å².